The Bertz CT molecular complexity index is 224. The molecule has 1 aliphatic heterocycles. The van der Waals surface area contributed by atoms with Crippen molar-refractivity contribution in [2.45, 2.75) is 45.7 Å². The summed E-state index contributed by atoms with van der Waals surface area (Å²) in [5, 5.41) is 3.64. The van der Waals surface area contributed by atoms with E-state index < -0.39 is 0 Å². The third-order valence-corrected chi connectivity index (χ3v) is 3.95. The molecule has 1 fully saturated rings. The van der Waals surface area contributed by atoms with Crippen LogP contribution in [-0.2, 0) is 9.47 Å². The fraction of sp³-hybridized carbons (Fsp3) is 1.00. The first-order chi connectivity index (χ1) is 9.15. The predicted molar refractivity (Wildman–Crippen MR) is 79.6 cm³/mol. The molecule has 1 aliphatic rings. The fourth-order valence-corrected chi connectivity index (χ4v) is 2.47. The standard InChI is InChI=1S/C15H32N2O2/c1-13(2)15-12-17(14(3)11-16-15)7-5-6-8-19-10-9-18-4/h13-16H,5-12H2,1-4H3. The number of hydrogen-bond acceptors (Lipinski definition) is 4. The van der Waals surface area contributed by atoms with Crippen LogP contribution in [0.5, 0.6) is 0 Å². The monoisotopic (exact) mass is 272 g/mol. The zero-order chi connectivity index (χ0) is 14.1. The number of unbranched alkanes of at least 4 members (excludes halogenated alkanes) is 1. The van der Waals surface area contributed by atoms with Crippen LogP contribution in [0, 0.1) is 5.92 Å². The lowest BCUT2D eigenvalue weighted by Gasteiger charge is -2.40. The van der Waals surface area contributed by atoms with Crippen LogP contribution in [0.1, 0.15) is 33.6 Å². The van der Waals surface area contributed by atoms with Gasteiger partial charge in [0.05, 0.1) is 13.2 Å². The topological polar surface area (TPSA) is 33.7 Å². The van der Waals surface area contributed by atoms with Crippen molar-refractivity contribution in [1.29, 1.82) is 0 Å². The molecule has 1 N–H and O–H groups in total. The number of piperazine rings is 1. The average molecular weight is 272 g/mol. The smallest absolute Gasteiger partial charge is 0.0700 e. The Labute approximate surface area is 118 Å². The summed E-state index contributed by atoms with van der Waals surface area (Å²) in [6.45, 7) is 12.7. The summed E-state index contributed by atoms with van der Waals surface area (Å²) in [5.74, 6) is 0.715. The first-order valence-corrected chi connectivity index (χ1v) is 7.69. The Morgan fingerprint density at radius 2 is 2.00 bits per heavy atom. The molecule has 0 saturated carbocycles. The molecular weight excluding hydrogens is 240 g/mol. The lowest BCUT2D eigenvalue weighted by Crippen LogP contribution is -2.57. The molecule has 1 heterocycles. The van der Waals surface area contributed by atoms with Crippen molar-refractivity contribution in [2.75, 3.05) is 46.6 Å². The van der Waals surface area contributed by atoms with Gasteiger partial charge in [0, 0.05) is 38.9 Å². The maximum Gasteiger partial charge on any atom is 0.0700 e. The van der Waals surface area contributed by atoms with E-state index in [1.54, 1.807) is 7.11 Å². The minimum atomic E-state index is 0.647. The molecule has 0 aromatic rings. The summed E-state index contributed by atoms with van der Waals surface area (Å²) in [6.07, 6.45) is 2.37. The van der Waals surface area contributed by atoms with Gasteiger partial charge in [-0.2, -0.15) is 0 Å². The minimum Gasteiger partial charge on any atom is -0.382 e. The lowest BCUT2D eigenvalue weighted by atomic mass is 9.99. The molecule has 0 aromatic carbocycles. The van der Waals surface area contributed by atoms with Crippen molar-refractivity contribution >= 4 is 0 Å². The van der Waals surface area contributed by atoms with Crippen LogP contribution in [-0.4, -0.2) is 63.5 Å². The van der Waals surface area contributed by atoms with Crippen molar-refractivity contribution < 1.29 is 9.47 Å². The molecule has 2 atom stereocenters. The van der Waals surface area contributed by atoms with Crippen molar-refractivity contribution in [3.8, 4) is 0 Å². The van der Waals surface area contributed by atoms with Gasteiger partial charge in [-0.3, -0.25) is 4.90 Å². The van der Waals surface area contributed by atoms with E-state index in [9.17, 15) is 0 Å². The highest BCUT2D eigenvalue weighted by Gasteiger charge is 2.25. The van der Waals surface area contributed by atoms with E-state index in [1.165, 1.54) is 19.5 Å². The largest absolute Gasteiger partial charge is 0.382 e. The van der Waals surface area contributed by atoms with Gasteiger partial charge in [0.1, 0.15) is 0 Å². The fourth-order valence-electron chi connectivity index (χ4n) is 2.47. The van der Waals surface area contributed by atoms with Gasteiger partial charge < -0.3 is 14.8 Å². The highest BCUT2D eigenvalue weighted by atomic mass is 16.5. The summed E-state index contributed by atoms with van der Waals surface area (Å²) in [7, 11) is 1.71. The van der Waals surface area contributed by atoms with Gasteiger partial charge in [-0.05, 0) is 32.2 Å². The number of rotatable bonds is 9. The number of methoxy groups -OCH3 is 1. The average Bonchev–Trinajstić information content (AvgIpc) is 2.39. The molecule has 0 radical (unpaired) electrons. The van der Waals surface area contributed by atoms with Crippen molar-refractivity contribution in [3.05, 3.63) is 0 Å². The molecule has 4 nitrogen and oxygen atoms in total. The molecular formula is C15H32N2O2. The minimum absolute atomic E-state index is 0.647. The number of hydrogen-bond donors (Lipinski definition) is 1. The SMILES string of the molecule is COCCOCCCCN1CC(C(C)C)NCC1C. The third kappa shape index (κ3) is 6.70. The number of nitrogens with zero attached hydrogens (tertiary/aromatic N) is 1. The van der Waals surface area contributed by atoms with E-state index in [2.05, 4.69) is 31.0 Å². The summed E-state index contributed by atoms with van der Waals surface area (Å²) in [5.41, 5.74) is 0. The van der Waals surface area contributed by atoms with Gasteiger partial charge in [0.25, 0.3) is 0 Å². The van der Waals surface area contributed by atoms with Crippen LogP contribution in [0.3, 0.4) is 0 Å². The van der Waals surface area contributed by atoms with E-state index >= 15 is 0 Å². The lowest BCUT2D eigenvalue weighted by molar-refractivity contribution is 0.0649. The molecule has 2 unspecified atom stereocenters. The van der Waals surface area contributed by atoms with Gasteiger partial charge in [0.2, 0.25) is 0 Å². The Kier molecular flexibility index (Phi) is 8.62. The molecule has 0 bridgehead atoms. The molecule has 4 heteroatoms. The van der Waals surface area contributed by atoms with Crippen LogP contribution in [0.15, 0.2) is 0 Å². The Balaban J connectivity index is 2.09. The Hall–Kier alpha value is -0.160. The van der Waals surface area contributed by atoms with Gasteiger partial charge in [0.15, 0.2) is 0 Å². The van der Waals surface area contributed by atoms with Crippen LogP contribution in [0.4, 0.5) is 0 Å². The normalized spacial score (nSPS) is 25.1. The first kappa shape index (κ1) is 16.9. The molecule has 19 heavy (non-hydrogen) atoms. The summed E-state index contributed by atoms with van der Waals surface area (Å²) in [4.78, 5) is 2.62. The summed E-state index contributed by atoms with van der Waals surface area (Å²) >= 11 is 0. The maximum absolute atomic E-state index is 5.49. The van der Waals surface area contributed by atoms with Gasteiger partial charge >= 0.3 is 0 Å². The van der Waals surface area contributed by atoms with Gasteiger partial charge in [-0.25, -0.2) is 0 Å². The molecule has 0 spiro atoms. The molecule has 0 aromatic heterocycles. The third-order valence-electron chi connectivity index (χ3n) is 3.95. The van der Waals surface area contributed by atoms with Crippen LogP contribution >= 0.6 is 0 Å². The van der Waals surface area contributed by atoms with Crippen LogP contribution < -0.4 is 5.32 Å². The van der Waals surface area contributed by atoms with E-state index in [4.69, 9.17) is 9.47 Å². The molecule has 1 saturated heterocycles. The van der Waals surface area contributed by atoms with Crippen molar-refractivity contribution in [2.24, 2.45) is 5.92 Å². The summed E-state index contributed by atoms with van der Waals surface area (Å²) < 4.78 is 10.4. The van der Waals surface area contributed by atoms with Crippen LogP contribution in [0.25, 0.3) is 0 Å². The van der Waals surface area contributed by atoms with Crippen molar-refractivity contribution in [1.82, 2.24) is 10.2 Å². The molecule has 1 rings (SSSR count). The van der Waals surface area contributed by atoms with E-state index in [0.29, 0.717) is 24.6 Å². The van der Waals surface area contributed by atoms with Gasteiger partial charge in [-0.15, -0.1) is 0 Å². The van der Waals surface area contributed by atoms with Crippen molar-refractivity contribution in [3.63, 3.8) is 0 Å². The maximum atomic E-state index is 5.49. The zero-order valence-electron chi connectivity index (χ0n) is 13.2. The second-order valence-electron chi connectivity index (χ2n) is 5.91. The van der Waals surface area contributed by atoms with E-state index in [-0.39, 0.29) is 0 Å². The van der Waals surface area contributed by atoms with E-state index in [1.807, 2.05) is 0 Å². The second-order valence-corrected chi connectivity index (χ2v) is 5.91. The van der Waals surface area contributed by atoms with Gasteiger partial charge in [-0.1, -0.05) is 13.8 Å². The number of ether oxygens (including phenoxy) is 2. The molecule has 0 amide bonds. The highest BCUT2D eigenvalue weighted by molar-refractivity contribution is 4.85. The molecule has 0 aliphatic carbocycles. The quantitative estimate of drug-likeness (QED) is 0.648. The van der Waals surface area contributed by atoms with Crippen LogP contribution in [0.2, 0.25) is 0 Å². The molecule has 114 valence electrons. The predicted octanol–water partition coefficient (Wildman–Crippen LogP) is 1.75. The van der Waals surface area contributed by atoms with E-state index in [0.717, 1.165) is 26.2 Å². The number of nitrogens with one attached hydrogen (secondary N) is 1. The zero-order valence-corrected chi connectivity index (χ0v) is 13.2. The Morgan fingerprint density at radius 1 is 1.21 bits per heavy atom. The first-order valence-electron chi connectivity index (χ1n) is 7.69. The highest BCUT2D eigenvalue weighted by Crippen LogP contribution is 2.13. The second kappa shape index (κ2) is 9.70. The summed E-state index contributed by atoms with van der Waals surface area (Å²) in [6, 6.07) is 1.30. The Morgan fingerprint density at radius 3 is 2.68 bits per heavy atom.